The molecule has 0 saturated carbocycles. The summed E-state index contributed by atoms with van der Waals surface area (Å²) in [5.74, 6) is 0.382. The highest BCUT2D eigenvalue weighted by Crippen LogP contribution is 2.32. The smallest absolute Gasteiger partial charge is 0.0587 e. The third kappa shape index (κ3) is 4.68. The van der Waals surface area contributed by atoms with Gasteiger partial charge in [0, 0.05) is 43.7 Å². The standard InChI is InChI=1S/C16H25BrN2O2/c1-12(20)14-5-7-19(11-14)16-4-3-13(9-15(16)17)10-18-6-8-21-2/h3-4,9,12,14,18,20H,5-8,10-11H2,1-2H3. The number of benzene rings is 1. The second kappa shape index (κ2) is 8.13. The Morgan fingerprint density at radius 3 is 2.95 bits per heavy atom. The summed E-state index contributed by atoms with van der Waals surface area (Å²) in [6, 6.07) is 6.50. The maximum Gasteiger partial charge on any atom is 0.0587 e. The fourth-order valence-electron chi connectivity index (χ4n) is 2.72. The summed E-state index contributed by atoms with van der Waals surface area (Å²) in [6.07, 6.45) is 0.836. The molecule has 21 heavy (non-hydrogen) atoms. The molecule has 0 aliphatic carbocycles. The SMILES string of the molecule is COCCNCc1ccc(N2CCC(C(C)O)C2)c(Br)c1. The van der Waals surface area contributed by atoms with Crippen molar-refractivity contribution < 1.29 is 9.84 Å². The maximum absolute atomic E-state index is 9.71. The molecule has 5 heteroatoms. The van der Waals surface area contributed by atoms with Gasteiger partial charge in [0.05, 0.1) is 18.4 Å². The molecule has 1 aromatic rings. The van der Waals surface area contributed by atoms with Crippen molar-refractivity contribution >= 4 is 21.6 Å². The topological polar surface area (TPSA) is 44.7 Å². The average Bonchev–Trinajstić information content (AvgIpc) is 2.93. The molecule has 1 aliphatic rings. The van der Waals surface area contributed by atoms with Crippen LogP contribution in [0.15, 0.2) is 22.7 Å². The molecule has 0 aromatic heterocycles. The molecule has 2 rings (SSSR count). The molecule has 0 spiro atoms. The van der Waals surface area contributed by atoms with Crippen molar-refractivity contribution in [1.29, 1.82) is 0 Å². The Labute approximate surface area is 135 Å². The Kier molecular flexibility index (Phi) is 6.48. The van der Waals surface area contributed by atoms with Gasteiger partial charge in [-0.2, -0.15) is 0 Å². The number of halogens is 1. The van der Waals surface area contributed by atoms with E-state index >= 15 is 0 Å². The van der Waals surface area contributed by atoms with Gasteiger partial charge in [-0.1, -0.05) is 6.07 Å². The number of methoxy groups -OCH3 is 1. The third-order valence-electron chi connectivity index (χ3n) is 4.07. The predicted octanol–water partition coefficient (Wildman–Crippen LogP) is 2.39. The fourth-order valence-corrected chi connectivity index (χ4v) is 3.40. The van der Waals surface area contributed by atoms with Gasteiger partial charge in [-0.15, -0.1) is 0 Å². The zero-order valence-electron chi connectivity index (χ0n) is 12.8. The Hall–Kier alpha value is -0.620. The molecule has 0 amide bonds. The Bertz CT molecular complexity index is 454. The van der Waals surface area contributed by atoms with Gasteiger partial charge in [-0.3, -0.25) is 0 Å². The summed E-state index contributed by atoms with van der Waals surface area (Å²) >= 11 is 3.68. The normalized spacial score (nSPS) is 20.0. The second-order valence-corrected chi connectivity index (χ2v) is 6.55. The molecule has 2 unspecified atom stereocenters. The monoisotopic (exact) mass is 356 g/mol. The van der Waals surface area contributed by atoms with Crippen LogP contribution < -0.4 is 10.2 Å². The quantitative estimate of drug-likeness (QED) is 0.736. The van der Waals surface area contributed by atoms with Crippen molar-refractivity contribution in [3.05, 3.63) is 28.2 Å². The van der Waals surface area contributed by atoms with Gasteiger partial charge in [0.15, 0.2) is 0 Å². The summed E-state index contributed by atoms with van der Waals surface area (Å²) in [4.78, 5) is 2.35. The third-order valence-corrected chi connectivity index (χ3v) is 4.71. The van der Waals surface area contributed by atoms with E-state index in [-0.39, 0.29) is 6.10 Å². The number of nitrogens with one attached hydrogen (secondary N) is 1. The van der Waals surface area contributed by atoms with Crippen molar-refractivity contribution in [2.24, 2.45) is 5.92 Å². The van der Waals surface area contributed by atoms with Crippen LogP contribution in [0.4, 0.5) is 5.69 Å². The first-order valence-corrected chi connectivity index (χ1v) is 8.32. The molecule has 1 fully saturated rings. The van der Waals surface area contributed by atoms with E-state index in [1.54, 1.807) is 7.11 Å². The van der Waals surface area contributed by atoms with E-state index in [1.807, 2.05) is 6.92 Å². The van der Waals surface area contributed by atoms with Gasteiger partial charge >= 0.3 is 0 Å². The van der Waals surface area contributed by atoms with Crippen LogP contribution in [0.1, 0.15) is 18.9 Å². The van der Waals surface area contributed by atoms with Crippen molar-refractivity contribution in [2.75, 3.05) is 38.3 Å². The van der Waals surface area contributed by atoms with Gasteiger partial charge < -0.3 is 20.1 Å². The Balaban J connectivity index is 1.93. The maximum atomic E-state index is 9.71. The number of nitrogens with zero attached hydrogens (tertiary/aromatic N) is 1. The molecule has 2 atom stereocenters. The van der Waals surface area contributed by atoms with Gasteiger partial charge in [0.1, 0.15) is 0 Å². The van der Waals surface area contributed by atoms with Gasteiger partial charge in [0.25, 0.3) is 0 Å². The van der Waals surface area contributed by atoms with Crippen LogP contribution in [0, 0.1) is 5.92 Å². The Morgan fingerprint density at radius 1 is 1.52 bits per heavy atom. The number of aliphatic hydroxyl groups is 1. The van der Waals surface area contributed by atoms with E-state index < -0.39 is 0 Å². The zero-order valence-corrected chi connectivity index (χ0v) is 14.4. The number of anilines is 1. The van der Waals surface area contributed by atoms with E-state index in [1.165, 1.54) is 11.3 Å². The van der Waals surface area contributed by atoms with E-state index in [0.29, 0.717) is 5.92 Å². The highest BCUT2D eigenvalue weighted by molar-refractivity contribution is 9.10. The first-order chi connectivity index (χ1) is 10.1. The highest BCUT2D eigenvalue weighted by Gasteiger charge is 2.26. The number of ether oxygens (including phenoxy) is 1. The van der Waals surface area contributed by atoms with Gasteiger partial charge in [-0.25, -0.2) is 0 Å². The minimum absolute atomic E-state index is 0.224. The Morgan fingerprint density at radius 2 is 2.33 bits per heavy atom. The lowest BCUT2D eigenvalue weighted by Crippen LogP contribution is -2.24. The van der Waals surface area contributed by atoms with Crippen LogP contribution in [0.25, 0.3) is 0 Å². The van der Waals surface area contributed by atoms with Crippen LogP contribution in [0.2, 0.25) is 0 Å². The number of aliphatic hydroxyl groups excluding tert-OH is 1. The number of rotatable bonds is 7. The summed E-state index contributed by atoms with van der Waals surface area (Å²) in [5, 5.41) is 13.1. The number of hydrogen-bond acceptors (Lipinski definition) is 4. The van der Waals surface area contributed by atoms with Crippen LogP contribution in [0.5, 0.6) is 0 Å². The van der Waals surface area contributed by atoms with Crippen molar-refractivity contribution in [1.82, 2.24) is 5.32 Å². The summed E-state index contributed by atoms with van der Waals surface area (Å²) in [6.45, 7) is 6.27. The molecular formula is C16H25BrN2O2. The minimum atomic E-state index is -0.224. The predicted molar refractivity (Wildman–Crippen MR) is 89.7 cm³/mol. The lowest BCUT2D eigenvalue weighted by molar-refractivity contribution is 0.136. The molecular weight excluding hydrogens is 332 g/mol. The molecule has 2 N–H and O–H groups in total. The van der Waals surface area contributed by atoms with Gasteiger partial charge in [0.2, 0.25) is 0 Å². The molecule has 118 valence electrons. The summed E-state index contributed by atoms with van der Waals surface area (Å²) in [5.41, 5.74) is 2.48. The summed E-state index contributed by atoms with van der Waals surface area (Å²) in [7, 11) is 1.71. The van der Waals surface area contributed by atoms with Crippen molar-refractivity contribution in [3.63, 3.8) is 0 Å². The summed E-state index contributed by atoms with van der Waals surface area (Å²) < 4.78 is 6.15. The molecule has 0 radical (unpaired) electrons. The first kappa shape index (κ1) is 16.7. The van der Waals surface area contributed by atoms with E-state index in [0.717, 1.165) is 43.7 Å². The highest BCUT2D eigenvalue weighted by atomic mass is 79.9. The molecule has 1 heterocycles. The van der Waals surface area contributed by atoms with E-state index in [9.17, 15) is 5.11 Å². The van der Waals surface area contributed by atoms with Crippen LogP contribution >= 0.6 is 15.9 Å². The first-order valence-electron chi connectivity index (χ1n) is 7.53. The zero-order chi connectivity index (χ0) is 15.2. The van der Waals surface area contributed by atoms with Crippen LogP contribution in [-0.2, 0) is 11.3 Å². The van der Waals surface area contributed by atoms with E-state index in [4.69, 9.17) is 4.74 Å². The minimum Gasteiger partial charge on any atom is -0.393 e. The molecule has 1 saturated heterocycles. The lowest BCUT2D eigenvalue weighted by atomic mass is 10.0. The lowest BCUT2D eigenvalue weighted by Gasteiger charge is -2.21. The van der Waals surface area contributed by atoms with Crippen molar-refractivity contribution in [2.45, 2.75) is 26.0 Å². The van der Waals surface area contributed by atoms with Gasteiger partial charge in [-0.05, 0) is 47.0 Å². The molecule has 0 bridgehead atoms. The van der Waals surface area contributed by atoms with E-state index in [2.05, 4.69) is 44.3 Å². The molecule has 1 aliphatic heterocycles. The second-order valence-electron chi connectivity index (χ2n) is 5.69. The largest absolute Gasteiger partial charge is 0.393 e. The molecule has 4 nitrogen and oxygen atoms in total. The average molecular weight is 357 g/mol. The number of hydrogen-bond donors (Lipinski definition) is 2. The molecule has 1 aromatic carbocycles. The van der Waals surface area contributed by atoms with Crippen molar-refractivity contribution in [3.8, 4) is 0 Å². The van der Waals surface area contributed by atoms with Crippen LogP contribution in [-0.4, -0.2) is 44.6 Å². The van der Waals surface area contributed by atoms with Crippen LogP contribution in [0.3, 0.4) is 0 Å². The fraction of sp³-hybridized carbons (Fsp3) is 0.625.